The van der Waals surface area contributed by atoms with E-state index in [4.69, 9.17) is 18.9 Å². The molecular weight excluding hydrogens is 464 g/mol. The van der Waals surface area contributed by atoms with Crippen LogP contribution in [0.25, 0.3) is 11.1 Å². The molecule has 1 heterocycles. The topological polar surface area (TPSA) is 54.0 Å². The van der Waals surface area contributed by atoms with Crippen molar-refractivity contribution in [1.29, 1.82) is 0 Å². The third kappa shape index (κ3) is 7.81. The fourth-order valence-electron chi connectivity index (χ4n) is 5.35. The van der Waals surface area contributed by atoms with Gasteiger partial charge in [-0.3, -0.25) is 0 Å². The Balaban J connectivity index is 1.20. The van der Waals surface area contributed by atoms with Crippen LogP contribution >= 0.6 is 0 Å². The van der Waals surface area contributed by atoms with Crippen molar-refractivity contribution < 1.29 is 23.7 Å². The van der Waals surface area contributed by atoms with E-state index in [1.165, 1.54) is 6.42 Å². The Hall–Kier alpha value is -2.37. The molecule has 0 bridgehead atoms. The Labute approximate surface area is 222 Å². The monoisotopic (exact) mass is 508 g/mol. The molecule has 4 rings (SSSR count). The van der Waals surface area contributed by atoms with Crippen LogP contribution in [-0.4, -0.2) is 45.1 Å². The number of rotatable bonds is 12. The first-order valence-electron chi connectivity index (χ1n) is 14.0. The summed E-state index contributed by atoms with van der Waals surface area (Å²) in [6.07, 6.45) is 5.29. The van der Waals surface area contributed by atoms with Crippen molar-refractivity contribution in [3.63, 3.8) is 0 Å². The van der Waals surface area contributed by atoms with E-state index in [1.54, 1.807) is 0 Å². The molecule has 5 nitrogen and oxygen atoms in total. The predicted molar refractivity (Wildman–Crippen MR) is 147 cm³/mol. The molecule has 1 aliphatic carbocycles. The van der Waals surface area contributed by atoms with Crippen molar-refractivity contribution in [3.8, 4) is 16.9 Å². The standard InChI is InChI=1S/C32H44O5/c1-23(2)29-16-7-24(3)19-30(29)37-31(33)27-10-8-25(9-11-27)26-12-14-28(15-13-26)36-18-6-5-17-34-20-32(4)21-35-22-32/h8-15,23-24,29-30H,5-7,16-22H2,1-4H3. The maximum Gasteiger partial charge on any atom is 0.338 e. The number of carbonyl (C=O) groups excluding carboxylic acids is 1. The first-order valence-corrected chi connectivity index (χ1v) is 14.0. The lowest BCUT2D eigenvalue weighted by Crippen LogP contribution is -2.43. The van der Waals surface area contributed by atoms with Crippen LogP contribution in [-0.2, 0) is 14.2 Å². The molecule has 3 unspecified atom stereocenters. The molecule has 0 radical (unpaired) electrons. The van der Waals surface area contributed by atoms with E-state index in [1.807, 2.05) is 36.4 Å². The average molecular weight is 509 g/mol. The molecule has 0 spiro atoms. The molecule has 2 aromatic rings. The van der Waals surface area contributed by atoms with Gasteiger partial charge in [-0.25, -0.2) is 4.79 Å². The zero-order valence-electron chi connectivity index (χ0n) is 23.0. The minimum atomic E-state index is -0.211. The van der Waals surface area contributed by atoms with Crippen molar-refractivity contribution in [1.82, 2.24) is 0 Å². The molecule has 0 N–H and O–H groups in total. The molecule has 3 atom stereocenters. The molecule has 2 fully saturated rings. The minimum absolute atomic E-state index is 0.0156. The van der Waals surface area contributed by atoms with Gasteiger partial charge in [0.15, 0.2) is 0 Å². The Morgan fingerprint density at radius 2 is 1.62 bits per heavy atom. The molecule has 5 heteroatoms. The molecule has 37 heavy (non-hydrogen) atoms. The summed E-state index contributed by atoms with van der Waals surface area (Å²) < 4.78 is 22.9. The number of hydrogen-bond donors (Lipinski definition) is 0. The quantitative estimate of drug-likeness (QED) is 0.224. The Morgan fingerprint density at radius 3 is 2.24 bits per heavy atom. The van der Waals surface area contributed by atoms with E-state index in [0.29, 0.717) is 29.9 Å². The van der Waals surface area contributed by atoms with Crippen molar-refractivity contribution in [2.75, 3.05) is 33.0 Å². The van der Waals surface area contributed by atoms with Gasteiger partial charge in [0.2, 0.25) is 0 Å². The van der Waals surface area contributed by atoms with Crippen LogP contribution in [0.3, 0.4) is 0 Å². The molecular formula is C32H44O5. The molecule has 202 valence electrons. The summed E-state index contributed by atoms with van der Waals surface area (Å²) >= 11 is 0. The molecule has 2 aromatic carbocycles. The average Bonchev–Trinajstić information content (AvgIpc) is 2.87. The largest absolute Gasteiger partial charge is 0.494 e. The smallest absolute Gasteiger partial charge is 0.338 e. The highest BCUT2D eigenvalue weighted by Crippen LogP contribution is 2.36. The van der Waals surface area contributed by atoms with Crippen LogP contribution in [0.1, 0.15) is 70.2 Å². The summed E-state index contributed by atoms with van der Waals surface area (Å²) in [4.78, 5) is 12.9. The molecule has 0 aromatic heterocycles. The third-order valence-electron chi connectivity index (χ3n) is 7.83. The van der Waals surface area contributed by atoms with Crippen LogP contribution in [0.15, 0.2) is 48.5 Å². The second kappa shape index (κ2) is 12.9. The fraction of sp³-hybridized carbons (Fsp3) is 0.594. The number of benzene rings is 2. The molecule has 1 saturated carbocycles. The second-order valence-corrected chi connectivity index (χ2v) is 11.8. The summed E-state index contributed by atoms with van der Waals surface area (Å²) in [5, 5.41) is 0. The summed E-state index contributed by atoms with van der Waals surface area (Å²) in [5.74, 6) is 2.24. The lowest BCUT2D eigenvalue weighted by molar-refractivity contribution is -0.138. The third-order valence-corrected chi connectivity index (χ3v) is 7.83. The van der Waals surface area contributed by atoms with Crippen LogP contribution in [0, 0.1) is 23.2 Å². The maximum absolute atomic E-state index is 12.9. The van der Waals surface area contributed by atoms with Gasteiger partial charge in [0.25, 0.3) is 0 Å². The van der Waals surface area contributed by atoms with E-state index >= 15 is 0 Å². The lowest BCUT2D eigenvalue weighted by atomic mass is 9.75. The summed E-state index contributed by atoms with van der Waals surface area (Å²) in [6, 6.07) is 15.9. The van der Waals surface area contributed by atoms with Gasteiger partial charge in [-0.2, -0.15) is 0 Å². The van der Waals surface area contributed by atoms with Gasteiger partial charge >= 0.3 is 5.97 Å². The second-order valence-electron chi connectivity index (χ2n) is 11.8. The van der Waals surface area contributed by atoms with E-state index in [-0.39, 0.29) is 17.5 Å². The van der Waals surface area contributed by atoms with E-state index in [2.05, 4.69) is 39.8 Å². The number of ether oxygens (including phenoxy) is 4. The van der Waals surface area contributed by atoms with Crippen molar-refractivity contribution in [2.24, 2.45) is 23.2 Å². The van der Waals surface area contributed by atoms with Crippen LogP contribution < -0.4 is 4.74 Å². The minimum Gasteiger partial charge on any atom is -0.494 e. The van der Waals surface area contributed by atoms with Crippen molar-refractivity contribution in [3.05, 3.63) is 54.1 Å². The Morgan fingerprint density at radius 1 is 0.973 bits per heavy atom. The first kappa shape index (κ1) is 27.7. The Kier molecular flexibility index (Phi) is 9.66. The van der Waals surface area contributed by atoms with Crippen molar-refractivity contribution >= 4 is 5.97 Å². The van der Waals surface area contributed by atoms with Gasteiger partial charge in [-0.05, 0) is 78.8 Å². The number of carbonyl (C=O) groups is 1. The lowest BCUT2D eigenvalue weighted by Gasteiger charge is -2.37. The zero-order chi connectivity index (χ0) is 26.3. The predicted octanol–water partition coefficient (Wildman–Crippen LogP) is 7.18. The summed E-state index contributed by atoms with van der Waals surface area (Å²) in [6.45, 7) is 12.7. The van der Waals surface area contributed by atoms with Gasteiger partial charge in [-0.15, -0.1) is 0 Å². The Bertz CT molecular complexity index is 977. The van der Waals surface area contributed by atoms with Crippen LogP contribution in [0.2, 0.25) is 0 Å². The zero-order valence-corrected chi connectivity index (χ0v) is 23.0. The van der Waals surface area contributed by atoms with E-state index in [9.17, 15) is 4.79 Å². The summed E-state index contributed by atoms with van der Waals surface area (Å²) in [7, 11) is 0. The molecule has 1 aliphatic heterocycles. The van der Waals surface area contributed by atoms with E-state index in [0.717, 1.165) is 69.0 Å². The van der Waals surface area contributed by atoms with E-state index < -0.39 is 0 Å². The SMILES string of the molecule is CC1CCC(C(C)C)C(OC(=O)c2ccc(-c3ccc(OCCCCOCC4(C)COC4)cc3)cc2)C1. The molecule has 1 saturated heterocycles. The normalized spacial score (nSPS) is 22.9. The number of unbranched alkanes of at least 4 members (excludes halogenated alkanes) is 1. The molecule has 2 aliphatic rings. The van der Waals surface area contributed by atoms with Gasteiger partial charge in [0.05, 0.1) is 32.0 Å². The van der Waals surface area contributed by atoms with Gasteiger partial charge in [0, 0.05) is 12.0 Å². The highest BCUT2D eigenvalue weighted by Gasteiger charge is 2.34. The van der Waals surface area contributed by atoms with Gasteiger partial charge in [-0.1, -0.05) is 58.4 Å². The maximum atomic E-state index is 12.9. The highest BCUT2D eigenvalue weighted by atomic mass is 16.5. The number of hydrogen-bond acceptors (Lipinski definition) is 5. The summed E-state index contributed by atoms with van der Waals surface area (Å²) in [5.41, 5.74) is 2.99. The van der Waals surface area contributed by atoms with Crippen LogP contribution in [0.5, 0.6) is 5.75 Å². The van der Waals surface area contributed by atoms with Crippen molar-refractivity contribution in [2.45, 2.75) is 65.9 Å². The van der Waals surface area contributed by atoms with Gasteiger partial charge < -0.3 is 18.9 Å². The molecule has 0 amide bonds. The fourth-order valence-corrected chi connectivity index (χ4v) is 5.35. The first-order chi connectivity index (χ1) is 17.8. The van der Waals surface area contributed by atoms with Gasteiger partial charge in [0.1, 0.15) is 11.9 Å². The number of esters is 1. The highest BCUT2D eigenvalue weighted by molar-refractivity contribution is 5.90. The van der Waals surface area contributed by atoms with Crippen LogP contribution in [0.4, 0.5) is 0 Å².